The zero-order valence-electron chi connectivity index (χ0n) is 20.7. The summed E-state index contributed by atoms with van der Waals surface area (Å²) < 4.78 is 44.3. The Morgan fingerprint density at radius 3 is 2.32 bits per heavy atom. The summed E-state index contributed by atoms with van der Waals surface area (Å²) in [5, 5.41) is 21.6. The molecule has 0 aliphatic carbocycles. The van der Waals surface area contributed by atoms with Crippen LogP contribution in [-0.4, -0.2) is 71.4 Å². The Hall–Kier alpha value is -2.88. The monoisotopic (exact) mass is 518 g/mol. The van der Waals surface area contributed by atoms with Crippen LogP contribution in [0.15, 0.2) is 54.6 Å². The van der Waals surface area contributed by atoms with Gasteiger partial charge >= 0.3 is 6.18 Å². The minimum atomic E-state index is -4.41. The normalized spacial score (nSPS) is 19.3. The van der Waals surface area contributed by atoms with Crippen LogP contribution in [0.2, 0.25) is 0 Å². The molecule has 200 valence electrons. The molecule has 37 heavy (non-hydrogen) atoms. The number of β-amino-alcohol motifs (C(OH)–C–C–N with tert-alkyl or cyclic N) is 1. The Labute approximate surface area is 215 Å². The van der Waals surface area contributed by atoms with Crippen LogP contribution in [0.4, 0.5) is 13.2 Å². The smallest absolute Gasteiger partial charge is 0.416 e. The highest BCUT2D eigenvalue weighted by Crippen LogP contribution is 2.35. The molecule has 4 rings (SSSR count). The van der Waals surface area contributed by atoms with Crippen molar-refractivity contribution in [1.82, 2.24) is 9.80 Å². The van der Waals surface area contributed by atoms with E-state index in [9.17, 15) is 28.2 Å². The van der Waals surface area contributed by atoms with Crippen LogP contribution in [0, 0.1) is 0 Å². The highest BCUT2D eigenvalue weighted by atomic mass is 19.4. The topological polar surface area (TPSA) is 73.2 Å². The van der Waals surface area contributed by atoms with Crippen molar-refractivity contribution >= 4 is 12.0 Å². The predicted octanol–water partition coefficient (Wildman–Crippen LogP) is 4.06. The average molecular weight is 519 g/mol. The van der Waals surface area contributed by atoms with Gasteiger partial charge in [-0.15, -0.1) is 0 Å². The molecule has 0 saturated carbocycles. The molecule has 0 spiro atoms. The summed E-state index contributed by atoms with van der Waals surface area (Å²) in [6.07, 6.45) is 0.857. The lowest BCUT2D eigenvalue weighted by Crippen LogP contribution is -2.46. The number of rotatable bonds is 8. The fourth-order valence-electron chi connectivity index (χ4n) is 4.85. The van der Waals surface area contributed by atoms with E-state index in [-0.39, 0.29) is 12.5 Å². The van der Waals surface area contributed by atoms with Crippen molar-refractivity contribution in [3.8, 4) is 5.75 Å². The zero-order valence-corrected chi connectivity index (χ0v) is 20.7. The van der Waals surface area contributed by atoms with E-state index in [1.807, 2.05) is 28.0 Å². The van der Waals surface area contributed by atoms with Crippen molar-refractivity contribution in [2.45, 2.75) is 43.6 Å². The maximum absolute atomic E-state index is 12.8. The summed E-state index contributed by atoms with van der Waals surface area (Å²) in [6, 6.07) is 12.0. The molecule has 9 heteroatoms. The Kier molecular flexibility index (Phi) is 8.56. The van der Waals surface area contributed by atoms with Gasteiger partial charge in [0.15, 0.2) is 0 Å². The van der Waals surface area contributed by atoms with E-state index >= 15 is 0 Å². The molecule has 1 amide bonds. The number of likely N-dealkylation sites (tertiary alicyclic amines) is 2. The average Bonchev–Trinajstić information content (AvgIpc) is 3.43. The number of aliphatic hydroxyl groups is 2. The lowest BCUT2D eigenvalue weighted by atomic mass is 9.84. The molecule has 1 unspecified atom stereocenters. The predicted molar refractivity (Wildman–Crippen MR) is 134 cm³/mol. The Balaban J connectivity index is 1.26. The summed E-state index contributed by atoms with van der Waals surface area (Å²) in [5.74, 6) is 0.552. The summed E-state index contributed by atoms with van der Waals surface area (Å²) in [5.41, 5.74) is -0.714. The number of halogens is 3. The summed E-state index contributed by atoms with van der Waals surface area (Å²) in [6.45, 7) is 2.95. The van der Waals surface area contributed by atoms with Crippen LogP contribution in [0.25, 0.3) is 6.08 Å². The zero-order chi connectivity index (χ0) is 26.5. The summed E-state index contributed by atoms with van der Waals surface area (Å²) >= 11 is 0. The maximum Gasteiger partial charge on any atom is 0.416 e. The van der Waals surface area contributed by atoms with Gasteiger partial charge in [0, 0.05) is 44.4 Å². The molecule has 1 atom stereocenters. The van der Waals surface area contributed by atoms with Crippen molar-refractivity contribution in [2.24, 2.45) is 0 Å². The molecule has 2 aliphatic rings. The van der Waals surface area contributed by atoms with Crippen LogP contribution in [-0.2, 0) is 16.6 Å². The third-order valence-electron chi connectivity index (χ3n) is 7.08. The molecular formula is C28H33F3N2O4. The van der Waals surface area contributed by atoms with Gasteiger partial charge in [-0.3, -0.25) is 4.79 Å². The van der Waals surface area contributed by atoms with Gasteiger partial charge in [0.2, 0.25) is 5.91 Å². The number of piperidine rings is 1. The van der Waals surface area contributed by atoms with Gasteiger partial charge in [-0.25, -0.2) is 0 Å². The lowest BCUT2D eigenvalue weighted by Gasteiger charge is -2.39. The number of nitrogens with zero attached hydrogens (tertiary/aromatic N) is 2. The molecule has 6 nitrogen and oxygen atoms in total. The second kappa shape index (κ2) is 11.7. The first-order chi connectivity index (χ1) is 17.6. The molecule has 2 saturated heterocycles. The van der Waals surface area contributed by atoms with Crippen LogP contribution in [0.3, 0.4) is 0 Å². The van der Waals surface area contributed by atoms with Gasteiger partial charge in [0.05, 0.1) is 11.2 Å². The van der Waals surface area contributed by atoms with E-state index < -0.39 is 23.4 Å². The van der Waals surface area contributed by atoms with E-state index in [1.54, 1.807) is 18.2 Å². The molecule has 2 aromatic carbocycles. The molecular weight excluding hydrogens is 485 g/mol. The van der Waals surface area contributed by atoms with Gasteiger partial charge in [-0.05, 0) is 55.5 Å². The standard InChI is InChI=1S/C28H33F3N2O4/c29-28(30,31)23-10-8-22(9-11-23)27(36)13-17-32(18-14-27)19-24(34)20-37-25-6-2-1-5-21(25)7-12-26(35)33-15-3-4-16-33/h1-2,5-12,24,34,36H,3-4,13-20H2. The molecule has 2 aliphatic heterocycles. The molecule has 0 radical (unpaired) electrons. The van der Waals surface area contributed by atoms with Crippen LogP contribution in [0.1, 0.15) is 42.4 Å². The number of ether oxygens (including phenoxy) is 1. The van der Waals surface area contributed by atoms with Gasteiger partial charge in [-0.2, -0.15) is 13.2 Å². The number of para-hydroxylation sites is 1. The van der Waals surface area contributed by atoms with Crippen molar-refractivity contribution in [3.05, 3.63) is 71.3 Å². The second-order valence-corrected chi connectivity index (χ2v) is 9.78. The van der Waals surface area contributed by atoms with Crippen LogP contribution in [0.5, 0.6) is 5.75 Å². The molecule has 0 aromatic heterocycles. The van der Waals surface area contributed by atoms with E-state index in [2.05, 4.69) is 0 Å². The highest BCUT2D eigenvalue weighted by molar-refractivity contribution is 5.92. The Bertz CT molecular complexity index is 1070. The number of carbonyl (C=O) groups is 1. The third kappa shape index (κ3) is 7.12. The highest BCUT2D eigenvalue weighted by Gasteiger charge is 2.36. The van der Waals surface area contributed by atoms with Crippen molar-refractivity contribution in [3.63, 3.8) is 0 Å². The second-order valence-electron chi connectivity index (χ2n) is 9.78. The van der Waals surface area contributed by atoms with Crippen molar-refractivity contribution in [2.75, 3.05) is 39.3 Å². The fraction of sp³-hybridized carbons (Fsp3) is 0.464. The Morgan fingerprint density at radius 1 is 1.03 bits per heavy atom. The number of hydrogen-bond donors (Lipinski definition) is 2. The number of aliphatic hydroxyl groups excluding tert-OH is 1. The SMILES string of the molecule is O=C(C=Cc1ccccc1OCC(O)CN1CCC(O)(c2ccc(C(F)(F)F)cc2)CC1)N1CCCC1. The van der Waals surface area contributed by atoms with Gasteiger partial charge in [-0.1, -0.05) is 30.3 Å². The van der Waals surface area contributed by atoms with Crippen LogP contribution < -0.4 is 4.74 Å². The quantitative estimate of drug-likeness (QED) is 0.516. The first-order valence-electron chi connectivity index (χ1n) is 12.6. The molecule has 2 N–H and O–H groups in total. The number of benzene rings is 2. The van der Waals surface area contributed by atoms with E-state index in [1.165, 1.54) is 12.1 Å². The fourth-order valence-corrected chi connectivity index (χ4v) is 4.85. The van der Waals surface area contributed by atoms with Gasteiger partial charge in [0.1, 0.15) is 18.5 Å². The van der Waals surface area contributed by atoms with Gasteiger partial charge < -0.3 is 24.7 Å². The number of hydrogen-bond acceptors (Lipinski definition) is 5. The molecule has 2 aromatic rings. The molecule has 2 fully saturated rings. The maximum atomic E-state index is 12.8. The minimum absolute atomic E-state index is 0.0197. The first kappa shape index (κ1) is 27.2. The number of carbonyl (C=O) groups excluding carboxylic acids is 1. The van der Waals surface area contributed by atoms with Crippen molar-refractivity contribution in [1.29, 1.82) is 0 Å². The Morgan fingerprint density at radius 2 is 1.68 bits per heavy atom. The van der Waals surface area contributed by atoms with Gasteiger partial charge in [0.25, 0.3) is 0 Å². The third-order valence-corrected chi connectivity index (χ3v) is 7.08. The van der Waals surface area contributed by atoms with E-state index in [4.69, 9.17) is 4.74 Å². The number of alkyl halides is 3. The van der Waals surface area contributed by atoms with E-state index in [0.717, 1.165) is 43.6 Å². The van der Waals surface area contributed by atoms with Crippen molar-refractivity contribution < 1.29 is 32.9 Å². The van der Waals surface area contributed by atoms with E-state index in [0.29, 0.717) is 43.8 Å². The first-order valence-corrected chi connectivity index (χ1v) is 12.6. The van der Waals surface area contributed by atoms with Crippen LogP contribution >= 0.6 is 0 Å². The summed E-state index contributed by atoms with van der Waals surface area (Å²) in [7, 11) is 0. The lowest BCUT2D eigenvalue weighted by molar-refractivity contribution is -0.137. The largest absolute Gasteiger partial charge is 0.490 e. The number of amides is 1. The minimum Gasteiger partial charge on any atom is -0.490 e. The molecule has 0 bridgehead atoms. The summed E-state index contributed by atoms with van der Waals surface area (Å²) in [4.78, 5) is 16.1. The molecule has 2 heterocycles.